The summed E-state index contributed by atoms with van der Waals surface area (Å²) in [5, 5.41) is 0. The average molecular weight is 398 g/mol. The number of hydrogen-bond donors (Lipinski definition) is 0. The molecule has 0 saturated carbocycles. The zero-order valence-electron chi connectivity index (χ0n) is 15.1. The first-order valence-electron chi connectivity index (χ1n) is 8.69. The number of nitrogens with zero attached hydrogens (tertiary/aromatic N) is 3. The fourth-order valence-electron chi connectivity index (χ4n) is 2.85. The predicted molar refractivity (Wildman–Crippen MR) is 108 cm³/mol. The summed E-state index contributed by atoms with van der Waals surface area (Å²) in [4.78, 5) is 18.5. The van der Waals surface area contributed by atoms with E-state index in [4.69, 9.17) is 32.9 Å². The topological polar surface area (TPSA) is 47.4 Å². The Bertz CT molecular complexity index is 740. The number of anilines is 1. The molecule has 1 heterocycles. The Kier molecular flexibility index (Phi) is 8.26. The Labute approximate surface area is 164 Å². The first-order valence-corrected chi connectivity index (χ1v) is 9.76. The number of carbonyl (C=O) groups is 1. The fourth-order valence-corrected chi connectivity index (χ4v) is 3.26. The van der Waals surface area contributed by atoms with Gasteiger partial charge in [0.25, 0.3) is 0 Å². The van der Waals surface area contributed by atoms with Gasteiger partial charge in [-0.25, -0.2) is 4.98 Å². The van der Waals surface area contributed by atoms with Gasteiger partial charge in [0, 0.05) is 50.4 Å². The highest BCUT2D eigenvalue weighted by Gasteiger charge is 2.12. The third-order valence-corrected chi connectivity index (χ3v) is 4.51. The van der Waals surface area contributed by atoms with Gasteiger partial charge in [-0.15, -0.1) is 23.2 Å². The number of hydrogen-bond acceptors (Lipinski definition) is 4. The van der Waals surface area contributed by atoms with Crippen LogP contribution in [-0.2, 0) is 23.0 Å². The number of aryl methyl sites for hydroxylation is 2. The molecule has 0 N–H and O–H groups in total. The number of benzene rings is 1. The zero-order valence-corrected chi connectivity index (χ0v) is 16.6. The summed E-state index contributed by atoms with van der Waals surface area (Å²) in [5.41, 5.74) is 3.06. The lowest BCUT2D eigenvalue weighted by Gasteiger charge is -2.22. The third-order valence-electron chi connectivity index (χ3n) is 4.17. The van der Waals surface area contributed by atoms with E-state index in [1.807, 2.05) is 7.05 Å². The van der Waals surface area contributed by atoms with Gasteiger partial charge < -0.3 is 14.2 Å². The Morgan fingerprint density at radius 3 is 2.73 bits per heavy atom. The predicted octanol–water partition coefficient (Wildman–Crippen LogP) is 3.91. The van der Waals surface area contributed by atoms with Crippen LogP contribution in [0.5, 0.6) is 0 Å². The van der Waals surface area contributed by atoms with Gasteiger partial charge in [0.1, 0.15) is 12.4 Å². The number of alkyl halides is 2. The quantitative estimate of drug-likeness (QED) is 0.327. The van der Waals surface area contributed by atoms with E-state index >= 15 is 0 Å². The molecule has 1 aromatic carbocycles. The highest BCUT2D eigenvalue weighted by Crippen LogP contribution is 2.23. The van der Waals surface area contributed by atoms with Crippen molar-refractivity contribution in [3.8, 4) is 0 Å². The van der Waals surface area contributed by atoms with Crippen molar-refractivity contribution in [2.45, 2.75) is 19.3 Å². The summed E-state index contributed by atoms with van der Waals surface area (Å²) in [7, 11) is 2.00. The molecule has 0 aliphatic carbocycles. The van der Waals surface area contributed by atoms with Crippen LogP contribution >= 0.6 is 23.2 Å². The van der Waals surface area contributed by atoms with Crippen LogP contribution in [0.1, 0.15) is 18.7 Å². The highest BCUT2D eigenvalue weighted by molar-refractivity contribution is 6.18. The molecule has 0 unspecified atom stereocenters. The summed E-state index contributed by atoms with van der Waals surface area (Å²) in [5.74, 6) is 1.84. The van der Waals surface area contributed by atoms with Gasteiger partial charge in [0.2, 0.25) is 0 Å². The van der Waals surface area contributed by atoms with E-state index < -0.39 is 0 Å². The Morgan fingerprint density at radius 2 is 2.08 bits per heavy atom. The number of aromatic nitrogens is 2. The van der Waals surface area contributed by atoms with Gasteiger partial charge in [0.15, 0.2) is 0 Å². The maximum absolute atomic E-state index is 11.6. The van der Waals surface area contributed by atoms with Crippen molar-refractivity contribution in [3.63, 3.8) is 0 Å². The van der Waals surface area contributed by atoms with Gasteiger partial charge in [-0.1, -0.05) is 12.7 Å². The van der Waals surface area contributed by atoms with Crippen LogP contribution in [0.25, 0.3) is 11.0 Å². The monoisotopic (exact) mass is 397 g/mol. The minimum atomic E-state index is -0.205. The van der Waals surface area contributed by atoms with Crippen LogP contribution in [0.4, 0.5) is 5.69 Å². The maximum Gasteiger partial charge on any atom is 0.306 e. The molecule has 0 spiro atoms. The van der Waals surface area contributed by atoms with Crippen molar-refractivity contribution >= 4 is 45.9 Å². The molecular weight excluding hydrogens is 373 g/mol. The summed E-state index contributed by atoms with van der Waals surface area (Å²) in [6, 6.07) is 6.20. The largest absolute Gasteiger partial charge is 0.461 e. The third kappa shape index (κ3) is 5.39. The SMILES string of the molecule is C=CCOC(=O)CCCc1nc2cc(N(CCCl)CCCl)ccc2n1C. The van der Waals surface area contributed by atoms with E-state index in [-0.39, 0.29) is 12.6 Å². The number of fused-ring (bicyclic) bond motifs is 1. The molecule has 0 aliphatic heterocycles. The number of esters is 1. The van der Waals surface area contributed by atoms with E-state index in [2.05, 4.69) is 34.2 Å². The maximum atomic E-state index is 11.6. The molecule has 7 heteroatoms. The normalized spacial score (nSPS) is 10.9. The zero-order chi connectivity index (χ0) is 18.9. The van der Waals surface area contributed by atoms with Crippen molar-refractivity contribution < 1.29 is 9.53 Å². The van der Waals surface area contributed by atoms with Crippen LogP contribution in [0.2, 0.25) is 0 Å². The minimum absolute atomic E-state index is 0.205. The van der Waals surface area contributed by atoms with Gasteiger partial charge in [0.05, 0.1) is 11.0 Å². The fraction of sp³-hybridized carbons (Fsp3) is 0.474. The minimum Gasteiger partial charge on any atom is -0.461 e. The smallest absolute Gasteiger partial charge is 0.306 e. The molecular formula is C19H25Cl2N3O2. The van der Waals surface area contributed by atoms with Crippen molar-refractivity contribution in [2.75, 3.05) is 36.4 Å². The van der Waals surface area contributed by atoms with Crippen LogP contribution in [0.15, 0.2) is 30.9 Å². The van der Waals surface area contributed by atoms with Gasteiger partial charge in [-0.2, -0.15) is 0 Å². The summed E-state index contributed by atoms with van der Waals surface area (Å²) in [6.07, 6.45) is 3.36. The number of carbonyl (C=O) groups excluding carboxylic acids is 1. The average Bonchev–Trinajstić information content (AvgIpc) is 2.95. The Balaban J connectivity index is 2.08. The van der Waals surface area contributed by atoms with Gasteiger partial charge in [-0.05, 0) is 24.6 Å². The van der Waals surface area contributed by atoms with Crippen molar-refractivity contribution in [3.05, 3.63) is 36.7 Å². The van der Waals surface area contributed by atoms with Crippen molar-refractivity contribution in [1.82, 2.24) is 9.55 Å². The van der Waals surface area contributed by atoms with E-state index in [0.29, 0.717) is 24.6 Å². The molecule has 0 amide bonds. The molecule has 26 heavy (non-hydrogen) atoms. The summed E-state index contributed by atoms with van der Waals surface area (Å²) >= 11 is 11.8. The lowest BCUT2D eigenvalue weighted by Crippen LogP contribution is -2.27. The molecule has 0 saturated heterocycles. The van der Waals surface area contributed by atoms with Crippen LogP contribution in [0.3, 0.4) is 0 Å². The second-order valence-electron chi connectivity index (χ2n) is 5.95. The van der Waals surface area contributed by atoms with Crippen LogP contribution in [0, 0.1) is 0 Å². The van der Waals surface area contributed by atoms with E-state index in [9.17, 15) is 4.79 Å². The number of halogens is 2. The first-order chi connectivity index (χ1) is 12.6. The molecule has 0 atom stereocenters. The van der Waals surface area contributed by atoms with Crippen LogP contribution < -0.4 is 4.90 Å². The standard InChI is InChI=1S/C19H25Cl2N3O2/c1-3-13-26-19(25)6-4-5-18-22-16-14-15(7-8-17(16)23(18)2)24(11-9-20)12-10-21/h3,7-8,14H,1,4-6,9-13H2,2H3. The Hall–Kier alpha value is -1.72. The molecule has 2 rings (SSSR count). The van der Waals surface area contributed by atoms with Crippen LogP contribution in [-0.4, -0.2) is 47.0 Å². The molecule has 0 aliphatic rings. The molecule has 0 bridgehead atoms. The van der Waals surface area contributed by atoms with Gasteiger partial charge >= 0.3 is 5.97 Å². The Morgan fingerprint density at radius 1 is 1.35 bits per heavy atom. The number of rotatable bonds is 11. The molecule has 1 aromatic heterocycles. The van der Waals surface area contributed by atoms with Gasteiger partial charge in [-0.3, -0.25) is 4.79 Å². The van der Waals surface area contributed by atoms with Crippen molar-refractivity contribution in [2.24, 2.45) is 7.05 Å². The van der Waals surface area contributed by atoms with E-state index in [0.717, 1.165) is 42.1 Å². The summed E-state index contributed by atoms with van der Waals surface area (Å²) in [6.45, 7) is 5.27. The lowest BCUT2D eigenvalue weighted by molar-refractivity contribution is -0.142. The second-order valence-corrected chi connectivity index (χ2v) is 6.71. The van der Waals surface area contributed by atoms with E-state index in [1.54, 1.807) is 6.08 Å². The summed E-state index contributed by atoms with van der Waals surface area (Å²) < 4.78 is 7.07. The lowest BCUT2D eigenvalue weighted by atomic mass is 10.2. The highest BCUT2D eigenvalue weighted by atomic mass is 35.5. The molecule has 2 aromatic rings. The van der Waals surface area contributed by atoms with E-state index in [1.165, 1.54) is 0 Å². The molecule has 142 valence electrons. The molecule has 5 nitrogen and oxygen atoms in total. The van der Waals surface area contributed by atoms with Crippen molar-refractivity contribution in [1.29, 1.82) is 0 Å². The first kappa shape index (κ1) is 20.6. The number of ether oxygens (including phenoxy) is 1. The molecule has 0 fully saturated rings. The molecule has 0 radical (unpaired) electrons. The number of imidazole rings is 1. The second kappa shape index (κ2) is 10.4.